The van der Waals surface area contributed by atoms with Gasteiger partial charge in [0, 0.05) is 12.3 Å². The van der Waals surface area contributed by atoms with Crippen LogP contribution in [0.3, 0.4) is 0 Å². The molecule has 0 atom stereocenters. The minimum Gasteiger partial charge on any atom is -0.384 e. The smallest absolute Gasteiger partial charge is 0.224 e. The van der Waals surface area contributed by atoms with Gasteiger partial charge in [0.25, 0.3) is 0 Å². The van der Waals surface area contributed by atoms with Crippen LogP contribution in [0.15, 0.2) is 22.9 Å². The molecule has 0 spiro atoms. The fourth-order valence-electron chi connectivity index (χ4n) is 1.13. The number of nitrogens with zero attached hydrogens (tertiary/aromatic N) is 3. The minimum absolute atomic E-state index is 0.434. The van der Waals surface area contributed by atoms with Crippen LogP contribution in [-0.2, 0) is 6.54 Å². The van der Waals surface area contributed by atoms with E-state index in [1.54, 1.807) is 12.3 Å². The first kappa shape index (κ1) is 9.45. The van der Waals surface area contributed by atoms with Gasteiger partial charge in [-0.25, -0.2) is 4.98 Å². The Morgan fingerprint density at radius 1 is 1.53 bits per heavy atom. The number of aromatic nitrogens is 3. The molecule has 15 heavy (non-hydrogen) atoms. The first-order valence-electron chi connectivity index (χ1n) is 4.48. The molecule has 6 heteroatoms. The molecule has 0 aliphatic heterocycles. The molecule has 6 nitrogen and oxygen atoms in total. The van der Waals surface area contributed by atoms with E-state index in [1.165, 1.54) is 0 Å². The molecule has 3 N–H and O–H groups in total. The van der Waals surface area contributed by atoms with Gasteiger partial charge in [0.05, 0.1) is 6.54 Å². The first-order chi connectivity index (χ1) is 7.24. The van der Waals surface area contributed by atoms with E-state index in [2.05, 4.69) is 20.4 Å². The summed E-state index contributed by atoms with van der Waals surface area (Å²) < 4.78 is 4.92. The van der Waals surface area contributed by atoms with E-state index in [1.807, 2.05) is 13.0 Å². The normalized spacial score (nSPS) is 10.2. The maximum Gasteiger partial charge on any atom is 0.224 e. The monoisotopic (exact) mass is 205 g/mol. The number of hydrogen-bond donors (Lipinski definition) is 2. The van der Waals surface area contributed by atoms with Gasteiger partial charge >= 0.3 is 0 Å². The Morgan fingerprint density at radius 2 is 2.40 bits per heavy atom. The largest absolute Gasteiger partial charge is 0.384 e. The molecule has 0 aliphatic carbocycles. The maximum atomic E-state index is 5.51. The molecule has 0 radical (unpaired) electrons. The summed E-state index contributed by atoms with van der Waals surface area (Å²) in [7, 11) is 0. The summed E-state index contributed by atoms with van der Waals surface area (Å²) >= 11 is 0. The summed E-state index contributed by atoms with van der Waals surface area (Å²) in [5, 5.41) is 6.82. The van der Waals surface area contributed by atoms with Crippen molar-refractivity contribution in [2.45, 2.75) is 13.5 Å². The predicted octanol–water partition coefficient (Wildman–Crippen LogP) is 0.967. The van der Waals surface area contributed by atoms with E-state index < -0.39 is 0 Å². The van der Waals surface area contributed by atoms with Crippen LogP contribution in [-0.4, -0.2) is 15.1 Å². The number of anilines is 2. The molecule has 0 aromatic carbocycles. The van der Waals surface area contributed by atoms with E-state index in [9.17, 15) is 0 Å². The van der Waals surface area contributed by atoms with E-state index in [0.717, 1.165) is 11.5 Å². The van der Waals surface area contributed by atoms with E-state index in [0.29, 0.717) is 18.3 Å². The molecular formula is C9H11N5O. The highest BCUT2D eigenvalue weighted by atomic mass is 16.5. The van der Waals surface area contributed by atoms with Crippen molar-refractivity contribution in [1.29, 1.82) is 0 Å². The third-order valence-corrected chi connectivity index (χ3v) is 1.78. The first-order valence-corrected chi connectivity index (χ1v) is 4.48. The quantitative estimate of drug-likeness (QED) is 0.775. The molecular weight excluding hydrogens is 194 g/mol. The Balaban J connectivity index is 1.99. The van der Waals surface area contributed by atoms with Gasteiger partial charge in [-0.1, -0.05) is 5.16 Å². The lowest BCUT2D eigenvalue weighted by Gasteiger charge is -2.01. The van der Waals surface area contributed by atoms with Gasteiger partial charge in [0.15, 0.2) is 0 Å². The van der Waals surface area contributed by atoms with Crippen molar-refractivity contribution in [3.8, 4) is 0 Å². The zero-order chi connectivity index (χ0) is 10.7. The summed E-state index contributed by atoms with van der Waals surface area (Å²) in [5.41, 5.74) is 6.31. The van der Waals surface area contributed by atoms with Crippen LogP contribution in [0.4, 0.5) is 11.8 Å². The zero-order valence-electron chi connectivity index (χ0n) is 8.27. The predicted molar refractivity (Wildman–Crippen MR) is 55.0 cm³/mol. The van der Waals surface area contributed by atoms with Gasteiger partial charge in [-0.15, -0.1) is 0 Å². The fourth-order valence-corrected chi connectivity index (χ4v) is 1.13. The molecule has 2 rings (SSSR count). The molecule has 78 valence electrons. The molecule has 2 aromatic rings. The lowest BCUT2D eigenvalue weighted by atomic mass is 10.4. The highest BCUT2D eigenvalue weighted by Crippen LogP contribution is 2.05. The van der Waals surface area contributed by atoms with E-state index in [4.69, 9.17) is 10.3 Å². The second kappa shape index (κ2) is 3.95. The Bertz CT molecular complexity index is 453. The van der Waals surface area contributed by atoms with Crippen LogP contribution in [0.2, 0.25) is 0 Å². The number of nitrogens with two attached hydrogens (primary N) is 1. The number of aryl methyl sites for hydroxylation is 1. The molecule has 0 aliphatic rings. The van der Waals surface area contributed by atoms with Crippen molar-refractivity contribution in [1.82, 2.24) is 15.1 Å². The highest BCUT2D eigenvalue weighted by molar-refractivity contribution is 5.35. The lowest BCUT2D eigenvalue weighted by Crippen LogP contribution is -2.04. The average Bonchev–Trinajstić information content (AvgIpc) is 2.62. The van der Waals surface area contributed by atoms with Crippen LogP contribution >= 0.6 is 0 Å². The van der Waals surface area contributed by atoms with Gasteiger partial charge in [-0.2, -0.15) is 4.98 Å². The molecule has 0 unspecified atom stereocenters. The zero-order valence-corrected chi connectivity index (χ0v) is 8.27. The van der Waals surface area contributed by atoms with E-state index >= 15 is 0 Å². The van der Waals surface area contributed by atoms with Crippen molar-refractivity contribution >= 4 is 11.8 Å². The van der Waals surface area contributed by atoms with Crippen LogP contribution in [0, 0.1) is 6.92 Å². The summed E-state index contributed by atoms with van der Waals surface area (Å²) in [6, 6.07) is 3.48. The van der Waals surface area contributed by atoms with E-state index in [-0.39, 0.29) is 0 Å². The van der Waals surface area contributed by atoms with Crippen molar-refractivity contribution in [3.63, 3.8) is 0 Å². The van der Waals surface area contributed by atoms with Crippen LogP contribution in [0.1, 0.15) is 11.5 Å². The number of rotatable bonds is 3. The van der Waals surface area contributed by atoms with Crippen molar-refractivity contribution in [2.24, 2.45) is 0 Å². The topological polar surface area (TPSA) is 89.9 Å². The molecule has 2 heterocycles. The second-order valence-electron chi connectivity index (χ2n) is 3.09. The average molecular weight is 205 g/mol. The van der Waals surface area contributed by atoms with Crippen molar-refractivity contribution < 1.29 is 4.52 Å². The van der Waals surface area contributed by atoms with Gasteiger partial charge < -0.3 is 15.6 Å². The van der Waals surface area contributed by atoms with Gasteiger partial charge in [0.2, 0.25) is 5.95 Å². The molecule has 0 bridgehead atoms. The number of nitrogens with one attached hydrogen (secondary N) is 1. The molecule has 0 amide bonds. The maximum absolute atomic E-state index is 5.51. The summed E-state index contributed by atoms with van der Waals surface area (Å²) in [4.78, 5) is 7.99. The number of nitrogen functional groups attached to an aromatic ring is 1. The Morgan fingerprint density at radius 3 is 3.07 bits per heavy atom. The fraction of sp³-hybridized carbons (Fsp3) is 0.222. The Labute approximate surface area is 86.5 Å². The van der Waals surface area contributed by atoms with Crippen LogP contribution in [0.5, 0.6) is 0 Å². The molecule has 0 saturated heterocycles. The standard InChI is InChI=1S/C9H11N5O/c1-6-4-7(14-15-6)5-12-9-11-3-2-8(10)13-9/h2-4H,5H2,1H3,(H3,10,11,12,13). The Kier molecular flexibility index (Phi) is 2.49. The van der Waals surface area contributed by atoms with Gasteiger partial charge in [0.1, 0.15) is 17.3 Å². The van der Waals surface area contributed by atoms with Crippen LogP contribution < -0.4 is 11.1 Å². The summed E-state index contributed by atoms with van der Waals surface area (Å²) in [6.45, 7) is 2.36. The third-order valence-electron chi connectivity index (χ3n) is 1.78. The minimum atomic E-state index is 0.434. The van der Waals surface area contributed by atoms with Crippen molar-refractivity contribution in [2.75, 3.05) is 11.1 Å². The highest BCUT2D eigenvalue weighted by Gasteiger charge is 2.01. The second-order valence-corrected chi connectivity index (χ2v) is 3.09. The molecule has 2 aromatic heterocycles. The Hall–Kier alpha value is -2.11. The molecule has 0 fully saturated rings. The SMILES string of the molecule is Cc1cc(CNc2nccc(N)n2)no1. The van der Waals surface area contributed by atoms with Gasteiger partial charge in [-0.3, -0.25) is 0 Å². The third kappa shape index (κ3) is 2.43. The number of hydrogen-bond acceptors (Lipinski definition) is 6. The van der Waals surface area contributed by atoms with Gasteiger partial charge in [-0.05, 0) is 13.0 Å². The van der Waals surface area contributed by atoms with Crippen LogP contribution in [0.25, 0.3) is 0 Å². The summed E-state index contributed by atoms with van der Waals surface area (Å²) in [6.07, 6.45) is 1.60. The van der Waals surface area contributed by atoms with Crippen molar-refractivity contribution in [3.05, 3.63) is 29.8 Å². The lowest BCUT2D eigenvalue weighted by molar-refractivity contribution is 0.391. The summed E-state index contributed by atoms with van der Waals surface area (Å²) in [5.74, 6) is 1.69. The molecule has 0 saturated carbocycles.